The first-order chi connectivity index (χ1) is 8.54. The van der Waals surface area contributed by atoms with Crippen LogP contribution in [0.2, 0.25) is 0 Å². The first kappa shape index (κ1) is 12.5. The van der Waals surface area contributed by atoms with Gasteiger partial charge >= 0.3 is 0 Å². The molecule has 1 aliphatic rings. The van der Waals surface area contributed by atoms with Gasteiger partial charge in [-0.05, 0) is 19.1 Å². The maximum absolute atomic E-state index is 13.6. The first-order valence-electron chi connectivity index (χ1n) is 5.53. The lowest BCUT2D eigenvalue weighted by Crippen LogP contribution is -2.57. The highest BCUT2D eigenvalue weighted by Crippen LogP contribution is 2.26. The number of aliphatic hydroxyl groups excluding tert-OH is 1. The molecule has 0 aromatic heterocycles. The Hall–Kier alpha value is -1.95. The van der Waals surface area contributed by atoms with Crippen molar-refractivity contribution in [1.82, 2.24) is 5.32 Å². The number of benzene rings is 1. The second kappa shape index (κ2) is 4.73. The third kappa shape index (κ3) is 2.06. The summed E-state index contributed by atoms with van der Waals surface area (Å²) in [5.74, 6) is -1.42. The standard InChI is InChI=1S/C12H13FN2O3/c1-7-12(18)14-11(17)5-15(7)10-4-2-3-9(13)8(10)6-16/h2-4,7,16H,5-6H2,1H3,(H,14,17,18). The van der Waals surface area contributed by atoms with Gasteiger partial charge in [-0.3, -0.25) is 14.9 Å². The van der Waals surface area contributed by atoms with Gasteiger partial charge in [0.1, 0.15) is 11.9 Å². The summed E-state index contributed by atoms with van der Waals surface area (Å²) >= 11 is 0. The summed E-state index contributed by atoms with van der Waals surface area (Å²) in [6.07, 6.45) is 0. The highest BCUT2D eigenvalue weighted by Gasteiger charge is 2.31. The highest BCUT2D eigenvalue weighted by molar-refractivity contribution is 6.04. The van der Waals surface area contributed by atoms with E-state index in [0.29, 0.717) is 5.69 Å². The minimum atomic E-state index is -0.588. The molecule has 18 heavy (non-hydrogen) atoms. The molecular formula is C12H13FN2O3. The summed E-state index contributed by atoms with van der Waals surface area (Å²) in [6.45, 7) is 1.10. The number of halogens is 1. The van der Waals surface area contributed by atoms with Crippen LogP contribution < -0.4 is 10.2 Å². The van der Waals surface area contributed by atoms with Crippen molar-refractivity contribution in [2.75, 3.05) is 11.4 Å². The number of carbonyl (C=O) groups is 2. The molecule has 1 aliphatic heterocycles. The number of hydrogen-bond donors (Lipinski definition) is 2. The molecule has 0 saturated carbocycles. The Morgan fingerprint density at radius 3 is 2.89 bits per heavy atom. The largest absolute Gasteiger partial charge is 0.391 e. The molecule has 1 saturated heterocycles. The summed E-state index contributed by atoms with van der Waals surface area (Å²) in [4.78, 5) is 24.4. The van der Waals surface area contributed by atoms with E-state index < -0.39 is 30.3 Å². The van der Waals surface area contributed by atoms with Crippen molar-refractivity contribution >= 4 is 17.5 Å². The number of aliphatic hydroxyl groups is 1. The van der Waals surface area contributed by atoms with Crippen molar-refractivity contribution in [2.24, 2.45) is 0 Å². The lowest BCUT2D eigenvalue weighted by Gasteiger charge is -2.34. The van der Waals surface area contributed by atoms with Crippen molar-refractivity contribution in [3.05, 3.63) is 29.6 Å². The second-order valence-corrected chi connectivity index (χ2v) is 4.11. The van der Waals surface area contributed by atoms with E-state index in [1.54, 1.807) is 13.0 Å². The van der Waals surface area contributed by atoms with Gasteiger partial charge in [0.25, 0.3) is 0 Å². The van der Waals surface area contributed by atoms with E-state index in [1.165, 1.54) is 17.0 Å². The molecule has 2 N–H and O–H groups in total. The zero-order valence-electron chi connectivity index (χ0n) is 9.81. The average molecular weight is 252 g/mol. The number of anilines is 1. The number of rotatable bonds is 2. The van der Waals surface area contributed by atoms with Gasteiger partial charge < -0.3 is 10.0 Å². The SMILES string of the molecule is CC1C(=O)NC(=O)CN1c1cccc(F)c1CO. The number of hydrogen-bond acceptors (Lipinski definition) is 4. The van der Waals surface area contributed by atoms with Crippen LogP contribution in [0.5, 0.6) is 0 Å². The van der Waals surface area contributed by atoms with Crippen molar-refractivity contribution in [1.29, 1.82) is 0 Å². The van der Waals surface area contributed by atoms with Gasteiger partial charge in [0, 0.05) is 11.3 Å². The van der Waals surface area contributed by atoms with E-state index in [9.17, 15) is 19.1 Å². The van der Waals surface area contributed by atoms with E-state index in [4.69, 9.17) is 0 Å². The maximum Gasteiger partial charge on any atom is 0.249 e. The highest BCUT2D eigenvalue weighted by atomic mass is 19.1. The van der Waals surface area contributed by atoms with Crippen molar-refractivity contribution in [3.8, 4) is 0 Å². The van der Waals surface area contributed by atoms with Crippen molar-refractivity contribution in [2.45, 2.75) is 19.6 Å². The molecule has 1 aromatic rings. The lowest BCUT2D eigenvalue weighted by atomic mass is 10.1. The first-order valence-corrected chi connectivity index (χ1v) is 5.53. The third-order valence-electron chi connectivity index (χ3n) is 2.99. The van der Waals surface area contributed by atoms with Crippen LogP contribution in [0.1, 0.15) is 12.5 Å². The number of amides is 2. The van der Waals surface area contributed by atoms with Crippen molar-refractivity contribution < 1.29 is 19.1 Å². The van der Waals surface area contributed by atoms with Crippen molar-refractivity contribution in [3.63, 3.8) is 0 Å². The van der Waals surface area contributed by atoms with E-state index >= 15 is 0 Å². The molecule has 1 fully saturated rings. The maximum atomic E-state index is 13.6. The molecule has 1 unspecified atom stereocenters. The van der Waals surface area contributed by atoms with Crippen LogP contribution in [0.3, 0.4) is 0 Å². The molecule has 1 aromatic carbocycles. The molecule has 6 heteroatoms. The number of nitrogens with one attached hydrogen (secondary N) is 1. The fraction of sp³-hybridized carbons (Fsp3) is 0.333. The number of carbonyl (C=O) groups excluding carboxylic acids is 2. The number of nitrogens with zero attached hydrogens (tertiary/aromatic N) is 1. The van der Waals surface area contributed by atoms with E-state index in [2.05, 4.69) is 5.32 Å². The Labute approximate surface area is 103 Å². The van der Waals surface area contributed by atoms with E-state index in [0.717, 1.165) is 0 Å². The fourth-order valence-electron chi connectivity index (χ4n) is 1.98. The zero-order chi connectivity index (χ0) is 13.3. The molecule has 2 amide bonds. The Bertz CT molecular complexity index is 504. The van der Waals surface area contributed by atoms with Gasteiger partial charge in [-0.15, -0.1) is 0 Å². The smallest absolute Gasteiger partial charge is 0.249 e. The summed E-state index contributed by atoms with van der Waals surface area (Å²) in [7, 11) is 0. The normalized spacial score (nSPS) is 19.9. The van der Waals surface area contributed by atoms with Crippen LogP contribution in [0.4, 0.5) is 10.1 Å². The molecule has 1 heterocycles. The number of imide groups is 1. The second-order valence-electron chi connectivity index (χ2n) is 4.11. The minimum Gasteiger partial charge on any atom is -0.391 e. The Balaban J connectivity index is 2.44. The van der Waals surface area contributed by atoms with Gasteiger partial charge in [-0.2, -0.15) is 0 Å². The van der Waals surface area contributed by atoms with Gasteiger partial charge in [0.2, 0.25) is 11.8 Å². The summed E-state index contributed by atoms with van der Waals surface area (Å²) < 4.78 is 13.6. The predicted molar refractivity (Wildman–Crippen MR) is 62.3 cm³/mol. The lowest BCUT2D eigenvalue weighted by molar-refractivity contribution is -0.132. The molecule has 5 nitrogen and oxygen atoms in total. The van der Waals surface area contributed by atoms with Crippen LogP contribution in [-0.4, -0.2) is 29.5 Å². The molecule has 0 radical (unpaired) electrons. The van der Waals surface area contributed by atoms with Crippen LogP contribution >= 0.6 is 0 Å². The Morgan fingerprint density at radius 1 is 1.50 bits per heavy atom. The van der Waals surface area contributed by atoms with Crippen LogP contribution in [0.25, 0.3) is 0 Å². The van der Waals surface area contributed by atoms with E-state index in [-0.39, 0.29) is 12.1 Å². The molecule has 2 rings (SSSR count). The van der Waals surface area contributed by atoms with E-state index in [1.807, 2.05) is 0 Å². The molecule has 0 spiro atoms. The zero-order valence-corrected chi connectivity index (χ0v) is 9.81. The average Bonchev–Trinajstić information content (AvgIpc) is 2.33. The molecular weight excluding hydrogens is 239 g/mol. The third-order valence-corrected chi connectivity index (χ3v) is 2.99. The Morgan fingerprint density at radius 2 is 2.22 bits per heavy atom. The van der Waals surface area contributed by atoms with Gasteiger partial charge in [0.05, 0.1) is 13.2 Å². The topological polar surface area (TPSA) is 69.6 Å². The van der Waals surface area contributed by atoms with Crippen LogP contribution in [0, 0.1) is 5.82 Å². The summed E-state index contributed by atoms with van der Waals surface area (Å²) in [5.41, 5.74) is 0.458. The Kier molecular flexibility index (Phi) is 3.29. The molecule has 0 aliphatic carbocycles. The molecule has 1 atom stereocenters. The predicted octanol–water partition coefficient (Wildman–Crippen LogP) is 0.169. The van der Waals surface area contributed by atoms with Crippen LogP contribution in [0.15, 0.2) is 18.2 Å². The minimum absolute atomic E-state index is 0.0383. The quantitative estimate of drug-likeness (QED) is 0.736. The van der Waals surface area contributed by atoms with Gasteiger partial charge in [0.15, 0.2) is 0 Å². The number of piperazine rings is 1. The summed E-state index contributed by atoms with van der Waals surface area (Å²) in [6, 6.07) is 3.70. The fourth-order valence-corrected chi connectivity index (χ4v) is 1.98. The molecule has 96 valence electrons. The van der Waals surface area contributed by atoms with Crippen LogP contribution in [-0.2, 0) is 16.2 Å². The van der Waals surface area contributed by atoms with Gasteiger partial charge in [-0.1, -0.05) is 6.07 Å². The monoisotopic (exact) mass is 252 g/mol. The van der Waals surface area contributed by atoms with Gasteiger partial charge in [-0.25, -0.2) is 4.39 Å². The summed E-state index contributed by atoms with van der Waals surface area (Å²) in [5, 5.41) is 11.4. The molecule has 0 bridgehead atoms.